The van der Waals surface area contributed by atoms with Crippen LogP contribution in [0.4, 0.5) is 23.4 Å². The minimum Gasteiger partial charge on any atom is -0.355 e. The van der Waals surface area contributed by atoms with Crippen LogP contribution < -0.4 is 4.90 Å². The van der Waals surface area contributed by atoms with Gasteiger partial charge in [-0.15, -0.1) is 24.8 Å². The van der Waals surface area contributed by atoms with Crippen LogP contribution in [0.2, 0.25) is 0 Å². The number of halogens is 6. The maximum atomic E-state index is 13.7. The largest absolute Gasteiger partial charge is 0.419 e. The molecular weight excluding hydrogens is 497 g/mol. The van der Waals surface area contributed by atoms with Gasteiger partial charge in [-0.25, -0.2) is 24.3 Å². The molecular formula is C21H21Cl2F4N7. The molecule has 0 saturated carbocycles. The summed E-state index contributed by atoms with van der Waals surface area (Å²) >= 11 is 0. The summed E-state index contributed by atoms with van der Waals surface area (Å²) in [5.74, 6) is 0.329. The fourth-order valence-corrected chi connectivity index (χ4v) is 4.20. The van der Waals surface area contributed by atoms with E-state index in [1.54, 1.807) is 13.3 Å². The molecule has 3 aromatic heterocycles. The number of nitrogens with zero attached hydrogens (tertiary/aromatic N) is 5. The molecule has 1 aromatic carbocycles. The van der Waals surface area contributed by atoms with Crippen molar-refractivity contribution >= 4 is 41.8 Å². The van der Waals surface area contributed by atoms with Crippen molar-refractivity contribution in [3.8, 4) is 11.3 Å². The number of fused-ring (bicyclic) bond motifs is 1. The monoisotopic (exact) mass is 517 g/mol. The van der Waals surface area contributed by atoms with Crippen molar-refractivity contribution in [1.82, 2.24) is 29.9 Å². The van der Waals surface area contributed by atoms with Crippen LogP contribution in [0.1, 0.15) is 35.8 Å². The van der Waals surface area contributed by atoms with Gasteiger partial charge in [0, 0.05) is 30.3 Å². The lowest BCUT2D eigenvalue weighted by atomic mass is 9.96. The van der Waals surface area contributed by atoms with Crippen molar-refractivity contribution < 1.29 is 17.6 Å². The predicted octanol–water partition coefficient (Wildman–Crippen LogP) is 5.44. The topological polar surface area (TPSA) is 86.4 Å². The van der Waals surface area contributed by atoms with Gasteiger partial charge in [0.1, 0.15) is 23.5 Å². The number of anilines is 1. The lowest BCUT2D eigenvalue weighted by Gasteiger charge is -2.31. The van der Waals surface area contributed by atoms with E-state index in [2.05, 4.69) is 34.8 Å². The van der Waals surface area contributed by atoms with E-state index >= 15 is 0 Å². The van der Waals surface area contributed by atoms with Crippen LogP contribution in [-0.4, -0.2) is 43.0 Å². The standard InChI is InChI=1S/C21H19F4N7.2ClH/c1-11-16(13-2-3-15(22)14(8-13)21(23,24)25)31-18(30-11)12-4-6-32(7-5-12)20-17-19(27-9-26-17)28-10-29-20;;/h2-3,8-10,12H,4-7H2,1H3,(H,30,31)(H,26,27,28,29);2*1H. The van der Waals surface area contributed by atoms with Crippen LogP contribution in [0, 0.1) is 12.7 Å². The van der Waals surface area contributed by atoms with Crippen molar-refractivity contribution in [1.29, 1.82) is 0 Å². The zero-order valence-electron chi connectivity index (χ0n) is 17.9. The molecule has 2 N–H and O–H groups in total. The maximum Gasteiger partial charge on any atom is 0.419 e. The summed E-state index contributed by atoms with van der Waals surface area (Å²) in [4.78, 5) is 25.8. The number of aromatic amines is 2. The summed E-state index contributed by atoms with van der Waals surface area (Å²) in [6.45, 7) is 3.22. The number of rotatable bonds is 3. The SMILES string of the molecule is Cc1[nH]c(C2CCN(c3ncnc4[nH]cnc34)CC2)nc1-c1ccc(F)c(C(F)(F)F)c1.Cl.Cl. The van der Waals surface area contributed by atoms with Crippen LogP contribution in [0.15, 0.2) is 30.9 Å². The van der Waals surface area contributed by atoms with Gasteiger partial charge in [-0.2, -0.15) is 13.2 Å². The number of nitrogens with one attached hydrogen (secondary N) is 2. The molecule has 1 aliphatic heterocycles. The van der Waals surface area contributed by atoms with Crippen molar-refractivity contribution in [2.75, 3.05) is 18.0 Å². The molecule has 0 aliphatic carbocycles. The third-order valence-electron chi connectivity index (χ3n) is 5.83. The molecule has 5 rings (SSSR count). The number of H-pyrrole nitrogens is 2. The molecule has 0 unspecified atom stereocenters. The normalized spacial score (nSPS) is 14.7. The molecule has 0 atom stereocenters. The first-order chi connectivity index (χ1) is 15.3. The highest BCUT2D eigenvalue weighted by molar-refractivity contribution is 5.85. The highest BCUT2D eigenvalue weighted by Gasteiger charge is 2.34. The number of hydrogen-bond donors (Lipinski definition) is 2. The number of imidazole rings is 2. The predicted molar refractivity (Wildman–Crippen MR) is 124 cm³/mol. The fraction of sp³-hybridized carbons (Fsp3) is 0.333. The summed E-state index contributed by atoms with van der Waals surface area (Å²) in [6, 6.07) is 2.97. The van der Waals surface area contributed by atoms with E-state index in [0.717, 1.165) is 55.2 Å². The van der Waals surface area contributed by atoms with E-state index in [-0.39, 0.29) is 36.3 Å². The molecule has 4 aromatic rings. The average molecular weight is 518 g/mol. The van der Waals surface area contributed by atoms with E-state index in [9.17, 15) is 17.6 Å². The number of alkyl halides is 3. The van der Waals surface area contributed by atoms with E-state index < -0.39 is 17.6 Å². The van der Waals surface area contributed by atoms with Gasteiger partial charge in [0.2, 0.25) is 0 Å². The summed E-state index contributed by atoms with van der Waals surface area (Å²) in [6.07, 6.45) is -0.0931. The van der Waals surface area contributed by atoms with Crippen molar-refractivity contribution in [2.24, 2.45) is 0 Å². The zero-order chi connectivity index (χ0) is 22.5. The Bertz CT molecular complexity index is 1280. The summed E-state index contributed by atoms with van der Waals surface area (Å²) in [5.41, 5.74) is 1.40. The Balaban J connectivity index is 0.00000162. The van der Waals surface area contributed by atoms with Crippen molar-refractivity contribution in [2.45, 2.75) is 31.9 Å². The van der Waals surface area contributed by atoms with E-state index in [4.69, 9.17) is 0 Å². The Hall–Kier alpha value is -2.92. The Morgan fingerprint density at radius 3 is 2.50 bits per heavy atom. The van der Waals surface area contributed by atoms with Gasteiger partial charge < -0.3 is 14.9 Å². The summed E-state index contributed by atoms with van der Waals surface area (Å²) in [7, 11) is 0. The Labute approximate surface area is 204 Å². The van der Waals surface area contributed by atoms with E-state index in [1.165, 1.54) is 12.4 Å². The molecule has 182 valence electrons. The highest BCUT2D eigenvalue weighted by atomic mass is 35.5. The fourth-order valence-electron chi connectivity index (χ4n) is 4.20. The van der Waals surface area contributed by atoms with Crippen LogP contribution in [0.25, 0.3) is 22.4 Å². The Morgan fingerprint density at radius 2 is 1.79 bits per heavy atom. The van der Waals surface area contributed by atoms with Gasteiger partial charge in [0.25, 0.3) is 0 Å². The molecule has 13 heteroatoms. The molecule has 4 heterocycles. The molecule has 7 nitrogen and oxygen atoms in total. The van der Waals surface area contributed by atoms with Crippen LogP contribution in [-0.2, 0) is 6.18 Å². The molecule has 1 aliphatic rings. The van der Waals surface area contributed by atoms with Crippen LogP contribution in [0.5, 0.6) is 0 Å². The molecule has 0 bridgehead atoms. The van der Waals surface area contributed by atoms with Gasteiger partial charge in [-0.1, -0.05) is 0 Å². The smallest absolute Gasteiger partial charge is 0.355 e. The van der Waals surface area contributed by atoms with Gasteiger partial charge in [-0.05, 0) is 38.0 Å². The number of piperidine rings is 1. The van der Waals surface area contributed by atoms with Gasteiger partial charge >= 0.3 is 6.18 Å². The lowest BCUT2D eigenvalue weighted by molar-refractivity contribution is -0.139. The molecule has 0 spiro atoms. The maximum absolute atomic E-state index is 13.7. The third-order valence-corrected chi connectivity index (χ3v) is 5.83. The molecule has 34 heavy (non-hydrogen) atoms. The second-order valence-corrected chi connectivity index (χ2v) is 7.85. The first kappa shape index (κ1) is 25.7. The van der Waals surface area contributed by atoms with Gasteiger partial charge in [-0.3, -0.25) is 0 Å². The summed E-state index contributed by atoms with van der Waals surface area (Å²) < 4.78 is 53.0. The Kier molecular flexibility index (Phi) is 7.37. The molecule has 0 amide bonds. The lowest BCUT2D eigenvalue weighted by Crippen LogP contribution is -2.34. The first-order valence-corrected chi connectivity index (χ1v) is 10.1. The molecule has 1 fully saturated rings. The average Bonchev–Trinajstić information content (AvgIpc) is 3.40. The first-order valence-electron chi connectivity index (χ1n) is 10.1. The minimum atomic E-state index is -4.76. The number of benzene rings is 1. The minimum absolute atomic E-state index is 0. The van der Waals surface area contributed by atoms with Crippen molar-refractivity contribution in [3.63, 3.8) is 0 Å². The second kappa shape index (κ2) is 9.75. The number of aromatic nitrogens is 6. The Morgan fingerprint density at radius 1 is 1.06 bits per heavy atom. The molecule has 1 saturated heterocycles. The quantitative estimate of drug-likeness (QED) is 0.353. The highest BCUT2D eigenvalue weighted by Crippen LogP contribution is 2.36. The van der Waals surface area contributed by atoms with Crippen molar-refractivity contribution in [3.05, 3.63) is 53.8 Å². The van der Waals surface area contributed by atoms with E-state index in [0.29, 0.717) is 17.0 Å². The van der Waals surface area contributed by atoms with Crippen LogP contribution in [0.3, 0.4) is 0 Å². The van der Waals surface area contributed by atoms with E-state index in [1.807, 2.05) is 0 Å². The summed E-state index contributed by atoms with van der Waals surface area (Å²) in [5, 5.41) is 0. The number of aryl methyl sites for hydroxylation is 1. The van der Waals surface area contributed by atoms with Gasteiger partial charge in [0.15, 0.2) is 11.5 Å². The molecule has 0 radical (unpaired) electrons. The van der Waals surface area contributed by atoms with Crippen LogP contribution >= 0.6 is 24.8 Å². The van der Waals surface area contributed by atoms with Gasteiger partial charge in [0.05, 0.1) is 17.6 Å². The second-order valence-electron chi connectivity index (χ2n) is 7.85. The number of hydrogen-bond acceptors (Lipinski definition) is 5. The zero-order valence-corrected chi connectivity index (χ0v) is 19.5. The third kappa shape index (κ3) is 4.67.